The smallest absolute Gasteiger partial charge is 0.409 e. The van der Waals surface area contributed by atoms with Gasteiger partial charge in [-0.25, -0.2) is 4.79 Å². The zero-order valence-electron chi connectivity index (χ0n) is 9.09. The molecule has 5 nitrogen and oxygen atoms in total. The lowest BCUT2D eigenvalue weighted by Gasteiger charge is -2.16. The number of aromatic hydroxyl groups is 1. The summed E-state index contributed by atoms with van der Waals surface area (Å²) in [5.41, 5.74) is 0.890. The Morgan fingerprint density at radius 1 is 1.38 bits per heavy atom. The van der Waals surface area contributed by atoms with Crippen molar-refractivity contribution >= 4 is 6.09 Å². The molecule has 0 saturated heterocycles. The Morgan fingerprint density at radius 3 is 2.56 bits per heavy atom. The van der Waals surface area contributed by atoms with E-state index in [-0.39, 0.29) is 19.0 Å². The van der Waals surface area contributed by atoms with Gasteiger partial charge in [0.25, 0.3) is 0 Å². The molecule has 0 aliphatic rings. The summed E-state index contributed by atoms with van der Waals surface area (Å²) in [7, 11) is 1.60. The summed E-state index contributed by atoms with van der Waals surface area (Å²) in [6.45, 7) is 0.210. The molecule has 0 bridgehead atoms. The summed E-state index contributed by atoms with van der Waals surface area (Å²) in [6, 6.07) is 6.57. The van der Waals surface area contributed by atoms with Crippen LogP contribution in [0.15, 0.2) is 24.3 Å². The lowest BCUT2D eigenvalue weighted by Crippen LogP contribution is -2.27. The third kappa shape index (κ3) is 3.78. The van der Waals surface area contributed by atoms with Crippen molar-refractivity contribution in [3.8, 4) is 5.75 Å². The highest BCUT2D eigenvalue weighted by Crippen LogP contribution is 2.11. The fraction of sp³-hybridized carbons (Fsp3) is 0.364. The quantitative estimate of drug-likeness (QED) is 0.800. The van der Waals surface area contributed by atoms with Crippen molar-refractivity contribution in [3.63, 3.8) is 0 Å². The van der Waals surface area contributed by atoms with Crippen molar-refractivity contribution < 1.29 is 19.7 Å². The van der Waals surface area contributed by atoms with Crippen LogP contribution in [0.4, 0.5) is 4.79 Å². The van der Waals surface area contributed by atoms with E-state index in [4.69, 9.17) is 14.9 Å². The van der Waals surface area contributed by atoms with Crippen molar-refractivity contribution in [1.82, 2.24) is 4.90 Å². The molecule has 1 aromatic rings. The first-order valence-electron chi connectivity index (χ1n) is 4.90. The van der Waals surface area contributed by atoms with E-state index in [2.05, 4.69) is 0 Å². The van der Waals surface area contributed by atoms with Gasteiger partial charge in [-0.15, -0.1) is 0 Å². The summed E-state index contributed by atoms with van der Waals surface area (Å²) in [6.07, 6.45) is -0.484. The van der Waals surface area contributed by atoms with E-state index >= 15 is 0 Å². The number of hydrogen-bond donors (Lipinski definition) is 2. The van der Waals surface area contributed by atoms with Crippen LogP contribution in [0.2, 0.25) is 0 Å². The van der Waals surface area contributed by atoms with E-state index in [1.807, 2.05) is 0 Å². The van der Waals surface area contributed by atoms with Gasteiger partial charge in [-0.05, 0) is 17.7 Å². The molecule has 1 rings (SSSR count). The number of ether oxygens (including phenoxy) is 1. The molecule has 1 amide bonds. The van der Waals surface area contributed by atoms with Gasteiger partial charge in [-0.2, -0.15) is 0 Å². The number of hydrogen-bond acceptors (Lipinski definition) is 4. The summed E-state index contributed by atoms with van der Waals surface area (Å²) in [5.74, 6) is 0.189. The number of nitrogens with zero attached hydrogens (tertiary/aromatic N) is 1. The maximum atomic E-state index is 11.3. The summed E-state index contributed by atoms with van der Waals surface area (Å²) in [5, 5.41) is 17.6. The maximum absolute atomic E-state index is 11.3. The predicted molar refractivity (Wildman–Crippen MR) is 58.0 cm³/mol. The zero-order valence-corrected chi connectivity index (χ0v) is 9.09. The minimum absolute atomic E-state index is 0.00124. The molecule has 0 aromatic heterocycles. The van der Waals surface area contributed by atoms with Crippen molar-refractivity contribution in [3.05, 3.63) is 29.8 Å². The number of carbonyl (C=O) groups is 1. The fourth-order valence-electron chi connectivity index (χ4n) is 1.18. The van der Waals surface area contributed by atoms with Gasteiger partial charge < -0.3 is 19.8 Å². The van der Waals surface area contributed by atoms with Crippen molar-refractivity contribution in [2.75, 3.05) is 20.3 Å². The van der Waals surface area contributed by atoms with Gasteiger partial charge in [0.2, 0.25) is 0 Å². The minimum atomic E-state index is -0.484. The third-order valence-corrected chi connectivity index (χ3v) is 1.98. The average Bonchev–Trinajstić information content (AvgIpc) is 2.29. The van der Waals surface area contributed by atoms with Gasteiger partial charge in [0.05, 0.1) is 6.61 Å². The van der Waals surface area contributed by atoms with Crippen LogP contribution in [-0.4, -0.2) is 41.5 Å². The largest absolute Gasteiger partial charge is 0.508 e. The van der Waals surface area contributed by atoms with E-state index < -0.39 is 6.09 Å². The van der Waals surface area contributed by atoms with E-state index in [9.17, 15) is 4.79 Å². The van der Waals surface area contributed by atoms with Crippen molar-refractivity contribution in [2.24, 2.45) is 0 Å². The topological polar surface area (TPSA) is 70.0 Å². The van der Waals surface area contributed by atoms with Crippen LogP contribution in [0.5, 0.6) is 5.75 Å². The number of carbonyl (C=O) groups excluding carboxylic acids is 1. The summed E-state index contributed by atoms with van der Waals surface area (Å²) in [4.78, 5) is 12.7. The number of aliphatic hydroxyl groups is 1. The molecule has 0 atom stereocenters. The second kappa shape index (κ2) is 5.97. The van der Waals surface area contributed by atoms with Crippen molar-refractivity contribution in [1.29, 1.82) is 0 Å². The van der Waals surface area contributed by atoms with Crippen LogP contribution in [0.1, 0.15) is 5.56 Å². The maximum Gasteiger partial charge on any atom is 0.409 e. The normalized spacial score (nSPS) is 9.88. The number of phenols is 1. The molecule has 0 heterocycles. The molecular weight excluding hydrogens is 210 g/mol. The standard InChI is InChI=1S/C11H15NO4/c1-12(11(15)16-7-6-13)8-9-2-4-10(14)5-3-9/h2-5,13-14H,6-8H2,1H3. The molecule has 0 aliphatic heterocycles. The molecule has 0 unspecified atom stereocenters. The first-order chi connectivity index (χ1) is 7.63. The molecule has 0 saturated carbocycles. The number of benzene rings is 1. The Kier molecular flexibility index (Phi) is 4.60. The molecule has 16 heavy (non-hydrogen) atoms. The monoisotopic (exact) mass is 225 g/mol. The Balaban J connectivity index is 2.47. The number of amides is 1. The lowest BCUT2D eigenvalue weighted by atomic mass is 10.2. The van der Waals surface area contributed by atoms with Gasteiger partial charge in [-0.3, -0.25) is 0 Å². The first-order valence-corrected chi connectivity index (χ1v) is 4.90. The molecule has 0 radical (unpaired) electrons. The second-order valence-electron chi connectivity index (χ2n) is 3.36. The Hall–Kier alpha value is -1.75. The Morgan fingerprint density at radius 2 is 2.00 bits per heavy atom. The zero-order chi connectivity index (χ0) is 12.0. The summed E-state index contributed by atoms with van der Waals surface area (Å²) >= 11 is 0. The van der Waals surface area contributed by atoms with Crippen LogP contribution >= 0.6 is 0 Å². The first kappa shape index (κ1) is 12.3. The highest BCUT2D eigenvalue weighted by molar-refractivity contribution is 5.67. The summed E-state index contributed by atoms with van der Waals surface area (Å²) < 4.78 is 4.74. The Bertz CT molecular complexity index is 336. The highest BCUT2D eigenvalue weighted by atomic mass is 16.6. The van der Waals surface area contributed by atoms with E-state index in [1.54, 1.807) is 31.3 Å². The molecule has 1 aromatic carbocycles. The number of rotatable bonds is 4. The molecule has 0 aliphatic carbocycles. The van der Waals surface area contributed by atoms with Crippen LogP contribution in [0.25, 0.3) is 0 Å². The van der Waals surface area contributed by atoms with Crippen LogP contribution in [0.3, 0.4) is 0 Å². The van der Waals surface area contributed by atoms with Gasteiger partial charge in [0.1, 0.15) is 12.4 Å². The van der Waals surface area contributed by atoms with Gasteiger partial charge in [0, 0.05) is 13.6 Å². The fourth-order valence-corrected chi connectivity index (χ4v) is 1.18. The predicted octanol–water partition coefficient (Wildman–Crippen LogP) is 0.953. The Labute approximate surface area is 93.9 Å². The number of phenolic OH excluding ortho intramolecular Hbond substituents is 1. The molecule has 2 N–H and O–H groups in total. The molecule has 0 spiro atoms. The molecule has 88 valence electrons. The van der Waals surface area contributed by atoms with Gasteiger partial charge >= 0.3 is 6.09 Å². The van der Waals surface area contributed by atoms with E-state index in [0.29, 0.717) is 6.54 Å². The van der Waals surface area contributed by atoms with Crippen molar-refractivity contribution in [2.45, 2.75) is 6.54 Å². The van der Waals surface area contributed by atoms with Crippen LogP contribution in [-0.2, 0) is 11.3 Å². The van der Waals surface area contributed by atoms with E-state index in [1.165, 1.54) is 4.90 Å². The van der Waals surface area contributed by atoms with Crippen LogP contribution in [0, 0.1) is 0 Å². The SMILES string of the molecule is CN(Cc1ccc(O)cc1)C(=O)OCCO. The average molecular weight is 225 g/mol. The number of aliphatic hydroxyl groups excluding tert-OH is 1. The molecule has 0 fully saturated rings. The third-order valence-electron chi connectivity index (χ3n) is 1.98. The highest BCUT2D eigenvalue weighted by Gasteiger charge is 2.09. The van der Waals surface area contributed by atoms with Gasteiger partial charge in [-0.1, -0.05) is 12.1 Å². The molecular formula is C11H15NO4. The van der Waals surface area contributed by atoms with Gasteiger partial charge in [0.15, 0.2) is 0 Å². The minimum Gasteiger partial charge on any atom is -0.508 e. The van der Waals surface area contributed by atoms with Crippen LogP contribution < -0.4 is 0 Å². The molecule has 5 heteroatoms. The second-order valence-corrected chi connectivity index (χ2v) is 3.36. The van der Waals surface area contributed by atoms with E-state index in [0.717, 1.165) is 5.56 Å². The lowest BCUT2D eigenvalue weighted by molar-refractivity contribution is 0.0894.